The Hall–Kier alpha value is -1.68. The number of nitrogens with one attached hydrogen (secondary N) is 1. The monoisotopic (exact) mass is 457 g/mol. The highest BCUT2D eigenvalue weighted by molar-refractivity contribution is 5.53. The van der Waals surface area contributed by atoms with Gasteiger partial charge in [-0.05, 0) is 55.9 Å². The second-order valence-electron chi connectivity index (χ2n) is 9.90. The molecule has 4 fully saturated rings. The van der Waals surface area contributed by atoms with E-state index in [1.54, 1.807) is 0 Å². The third-order valence-electron chi connectivity index (χ3n) is 7.57. The van der Waals surface area contributed by atoms with Crippen molar-refractivity contribution in [2.75, 3.05) is 56.2 Å². The lowest BCUT2D eigenvalue weighted by molar-refractivity contribution is -0.137. The average molecular weight is 458 g/mol. The number of fused-ring (bicyclic) bond motifs is 1. The number of alkyl halides is 4. The van der Waals surface area contributed by atoms with Crippen molar-refractivity contribution < 1.29 is 22.3 Å². The van der Waals surface area contributed by atoms with Crippen LogP contribution >= 0.6 is 0 Å². The highest BCUT2D eigenvalue weighted by atomic mass is 19.4. The van der Waals surface area contributed by atoms with Gasteiger partial charge in [0.05, 0.1) is 6.54 Å². The first kappa shape index (κ1) is 22.1. The molecule has 1 N–H and O–H groups in total. The molecule has 3 aliphatic heterocycles. The Bertz CT molecular complexity index is 789. The summed E-state index contributed by atoms with van der Waals surface area (Å²) in [6.45, 7) is 5.28. The number of hydrogen-bond acceptors (Lipinski definition) is 6. The van der Waals surface area contributed by atoms with Crippen molar-refractivity contribution in [2.24, 2.45) is 17.8 Å². The SMILES string of the molecule is F[C@H]1CCN(c2cc(C(F)(F)F)c(NC3C[C@@H]4CN(CC5CCOCC5)C[C@H]4C3)nn2)C1. The van der Waals surface area contributed by atoms with Gasteiger partial charge in [-0.2, -0.15) is 13.2 Å². The molecule has 0 aromatic carbocycles. The van der Waals surface area contributed by atoms with Crippen LogP contribution in [0.3, 0.4) is 0 Å². The molecular weight excluding hydrogens is 426 g/mol. The van der Waals surface area contributed by atoms with E-state index in [4.69, 9.17) is 4.74 Å². The number of nitrogens with zero attached hydrogens (tertiary/aromatic N) is 4. The van der Waals surface area contributed by atoms with Crippen molar-refractivity contribution in [2.45, 2.75) is 50.5 Å². The number of ether oxygens (including phenoxy) is 1. The molecule has 5 rings (SSSR count). The normalized spacial score (nSPS) is 30.2. The highest BCUT2D eigenvalue weighted by Gasteiger charge is 2.43. The highest BCUT2D eigenvalue weighted by Crippen LogP contribution is 2.42. The average Bonchev–Trinajstić information content (AvgIpc) is 3.43. The van der Waals surface area contributed by atoms with Gasteiger partial charge in [-0.1, -0.05) is 0 Å². The minimum Gasteiger partial charge on any atom is -0.381 e. The summed E-state index contributed by atoms with van der Waals surface area (Å²) in [4.78, 5) is 4.06. The van der Waals surface area contributed by atoms with Crippen LogP contribution in [0.5, 0.6) is 0 Å². The van der Waals surface area contributed by atoms with Gasteiger partial charge in [-0.3, -0.25) is 0 Å². The maximum absolute atomic E-state index is 13.8. The first-order valence-corrected chi connectivity index (χ1v) is 11.8. The molecule has 4 heterocycles. The number of likely N-dealkylation sites (tertiary alicyclic amines) is 1. The fourth-order valence-corrected chi connectivity index (χ4v) is 5.94. The molecule has 3 atom stereocenters. The van der Waals surface area contributed by atoms with Crippen molar-refractivity contribution in [3.8, 4) is 0 Å². The van der Waals surface area contributed by atoms with E-state index in [1.807, 2.05) is 0 Å². The minimum absolute atomic E-state index is 0.0292. The zero-order valence-electron chi connectivity index (χ0n) is 18.2. The van der Waals surface area contributed by atoms with Crippen LogP contribution in [0.15, 0.2) is 6.07 Å². The number of halogens is 4. The van der Waals surface area contributed by atoms with Crippen LogP contribution in [0, 0.1) is 17.8 Å². The van der Waals surface area contributed by atoms with Gasteiger partial charge in [-0.25, -0.2) is 4.39 Å². The summed E-state index contributed by atoms with van der Waals surface area (Å²) >= 11 is 0. The second-order valence-corrected chi connectivity index (χ2v) is 9.90. The van der Waals surface area contributed by atoms with Gasteiger partial charge >= 0.3 is 6.18 Å². The first-order chi connectivity index (χ1) is 15.3. The van der Waals surface area contributed by atoms with Crippen LogP contribution in [0.1, 0.15) is 37.7 Å². The summed E-state index contributed by atoms with van der Waals surface area (Å²) in [5, 5.41) is 10.9. The Kier molecular flexibility index (Phi) is 6.17. The lowest BCUT2D eigenvalue weighted by Gasteiger charge is -2.28. The third kappa shape index (κ3) is 4.81. The third-order valence-corrected chi connectivity index (χ3v) is 7.57. The van der Waals surface area contributed by atoms with E-state index in [0.717, 1.165) is 64.6 Å². The molecule has 1 aromatic heterocycles. The van der Waals surface area contributed by atoms with E-state index in [0.29, 0.717) is 30.7 Å². The second kappa shape index (κ2) is 8.93. The molecule has 1 aliphatic carbocycles. The van der Waals surface area contributed by atoms with Gasteiger partial charge in [-0.15, -0.1) is 10.2 Å². The number of aromatic nitrogens is 2. The topological polar surface area (TPSA) is 53.5 Å². The van der Waals surface area contributed by atoms with Gasteiger partial charge < -0.3 is 19.9 Å². The van der Waals surface area contributed by atoms with E-state index in [9.17, 15) is 17.6 Å². The molecule has 6 nitrogen and oxygen atoms in total. The summed E-state index contributed by atoms with van der Waals surface area (Å²) < 4.78 is 60.2. The number of rotatable bonds is 5. The van der Waals surface area contributed by atoms with Gasteiger partial charge in [0.1, 0.15) is 11.7 Å². The van der Waals surface area contributed by atoms with Gasteiger partial charge in [0.15, 0.2) is 11.6 Å². The standard InChI is InChI=1S/C22H31F4N5O/c23-17-1-4-31(13-17)20-9-19(22(24,25)26)21(29-28-20)27-18-7-15-11-30(12-16(15)8-18)10-14-2-5-32-6-3-14/h9,14-18H,1-8,10-13H2,(H,27,29)/t15-,16-,17+/m1/s1. The molecule has 10 heteroatoms. The van der Waals surface area contributed by atoms with Crippen LogP contribution in [-0.4, -0.2) is 73.2 Å². The van der Waals surface area contributed by atoms with E-state index >= 15 is 0 Å². The van der Waals surface area contributed by atoms with Crippen molar-refractivity contribution >= 4 is 11.6 Å². The zero-order chi connectivity index (χ0) is 22.3. The molecule has 0 unspecified atom stereocenters. The predicted octanol–water partition coefficient (Wildman–Crippen LogP) is 3.59. The lowest BCUT2D eigenvalue weighted by atomic mass is 10.00. The maximum atomic E-state index is 13.8. The fourth-order valence-electron chi connectivity index (χ4n) is 5.94. The maximum Gasteiger partial charge on any atom is 0.420 e. The number of anilines is 2. The Balaban J connectivity index is 1.20. The number of hydrogen-bond donors (Lipinski definition) is 1. The van der Waals surface area contributed by atoms with Gasteiger partial charge in [0.25, 0.3) is 0 Å². The summed E-state index contributed by atoms with van der Waals surface area (Å²) in [6.07, 6.45) is -1.33. The Morgan fingerprint density at radius 1 is 1.03 bits per heavy atom. The molecular formula is C22H31F4N5O. The molecule has 4 aliphatic rings. The Morgan fingerprint density at radius 3 is 2.38 bits per heavy atom. The van der Waals surface area contributed by atoms with E-state index in [1.165, 1.54) is 4.90 Å². The molecule has 3 saturated heterocycles. The zero-order valence-corrected chi connectivity index (χ0v) is 18.2. The van der Waals surface area contributed by atoms with E-state index in [2.05, 4.69) is 20.4 Å². The molecule has 32 heavy (non-hydrogen) atoms. The van der Waals surface area contributed by atoms with Gasteiger partial charge in [0, 0.05) is 45.4 Å². The van der Waals surface area contributed by atoms with Crippen LogP contribution < -0.4 is 10.2 Å². The Labute approximate surface area is 185 Å². The summed E-state index contributed by atoms with van der Waals surface area (Å²) in [7, 11) is 0. The molecule has 0 spiro atoms. The minimum atomic E-state index is -4.54. The summed E-state index contributed by atoms with van der Waals surface area (Å²) in [5.41, 5.74) is -0.817. The molecule has 0 bridgehead atoms. The van der Waals surface area contributed by atoms with Crippen molar-refractivity contribution in [3.05, 3.63) is 11.6 Å². The van der Waals surface area contributed by atoms with Crippen molar-refractivity contribution in [1.29, 1.82) is 0 Å². The quantitative estimate of drug-likeness (QED) is 0.682. The molecule has 0 amide bonds. The summed E-state index contributed by atoms with van der Waals surface area (Å²) in [6, 6.07) is 0.983. The lowest BCUT2D eigenvalue weighted by Crippen LogP contribution is -2.32. The Morgan fingerprint density at radius 2 is 1.75 bits per heavy atom. The van der Waals surface area contributed by atoms with Crippen LogP contribution in [0.2, 0.25) is 0 Å². The first-order valence-electron chi connectivity index (χ1n) is 11.8. The largest absolute Gasteiger partial charge is 0.420 e. The van der Waals surface area contributed by atoms with Gasteiger partial charge in [0.2, 0.25) is 0 Å². The van der Waals surface area contributed by atoms with Crippen molar-refractivity contribution in [1.82, 2.24) is 15.1 Å². The molecule has 1 aromatic rings. The van der Waals surface area contributed by atoms with Crippen LogP contribution in [-0.2, 0) is 10.9 Å². The van der Waals surface area contributed by atoms with E-state index in [-0.39, 0.29) is 24.2 Å². The van der Waals surface area contributed by atoms with Crippen molar-refractivity contribution in [3.63, 3.8) is 0 Å². The smallest absolute Gasteiger partial charge is 0.381 e. The van der Waals surface area contributed by atoms with Crippen LogP contribution in [0.25, 0.3) is 0 Å². The molecule has 0 radical (unpaired) electrons. The predicted molar refractivity (Wildman–Crippen MR) is 112 cm³/mol. The fraction of sp³-hybridized carbons (Fsp3) is 0.818. The molecule has 1 saturated carbocycles. The summed E-state index contributed by atoms with van der Waals surface area (Å²) in [5.74, 6) is 1.61. The molecule has 178 valence electrons. The van der Waals surface area contributed by atoms with E-state index < -0.39 is 17.9 Å². The van der Waals surface area contributed by atoms with Crippen LogP contribution in [0.4, 0.5) is 29.2 Å².